The molecule has 2 atom stereocenters. The van der Waals surface area contributed by atoms with E-state index < -0.39 is 0 Å². The molecule has 1 aliphatic heterocycles. The van der Waals surface area contributed by atoms with Gasteiger partial charge in [0.25, 0.3) is 0 Å². The van der Waals surface area contributed by atoms with Gasteiger partial charge in [-0.15, -0.1) is 0 Å². The molecule has 30 heavy (non-hydrogen) atoms. The Hall–Kier alpha value is -2.31. The molecule has 158 valence electrons. The van der Waals surface area contributed by atoms with E-state index in [0.29, 0.717) is 0 Å². The lowest BCUT2D eigenvalue weighted by atomic mass is 10.0. The number of carbonyl (C=O) groups excluding carboxylic acids is 2. The second kappa shape index (κ2) is 9.67. The third-order valence-electron chi connectivity index (χ3n) is 5.76. The van der Waals surface area contributed by atoms with Gasteiger partial charge in [0.05, 0.1) is 6.04 Å². The minimum Gasteiger partial charge on any atom is -0.348 e. The molecule has 2 aliphatic rings. The third kappa shape index (κ3) is 5.24. The second-order valence-corrected chi connectivity index (χ2v) is 9.30. The average Bonchev–Trinajstić information content (AvgIpc) is 3.61. The summed E-state index contributed by atoms with van der Waals surface area (Å²) in [6.07, 6.45) is 1.98. The van der Waals surface area contributed by atoms with Crippen molar-refractivity contribution in [1.29, 1.82) is 0 Å². The van der Waals surface area contributed by atoms with E-state index in [-0.39, 0.29) is 29.8 Å². The molecule has 6 heteroatoms. The number of carbonyl (C=O) groups is 2. The van der Waals surface area contributed by atoms with Gasteiger partial charge in [0.1, 0.15) is 6.04 Å². The number of hydrogen-bond acceptors (Lipinski definition) is 4. The molecule has 1 aliphatic carbocycles. The van der Waals surface area contributed by atoms with Crippen LogP contribution in [0.2, 0.25) is 0 Å². The largest absolute Gasteiger partial charge is 0.348 e. The first-order chi connectivity index (χ1) is 14.6. The van der Waals surface area contributed by atoms with Crippen molar-refractivity contribution in [2.75, 3.05) is 29.9 Å². The fourth-order valence-electron chi connectivity index (χ4n) is 3.82. The highest BCUT2D eigenvalue weighted by Gasteiger charge is 2.30. The van der Waals surface area contributed by atoms with Gasteiger partial charge in [0, 0.05) is 36.2 Å². The van der Waals surface area contributed by atoms with Crippen LogP contribution in [0.15, 0.2) is 54.6 Å². The van der Waals surface area contributed by atoms with E-state index >= 15 is 0 Å². The molecule has 4 rings (SSSR count). The molecule has 1 saturated carbocycles. The molecular weight excluding hydrogens is 394 g/mol. The van der Waals surface area contributed by atoms with Crippen molar-refractivity contribution in [2.45, 2.75) is 31.8 Å². The molecule has 1 heterocycles. The molecule has 2 aromatic carbocycles. The molecule has 0 bridgehead atoms. The maximum atomic E-state index is 13.3. The fourth-order valence-corrected chi connectivity index (χ4v) is 4.75. The maximum Gasteiger partial charge on any atom is 0.242 e. The lowest BCUT2D eigenvalue weighted by Crippen LogP contribution is -2.44. The summed E-state index contributed by atoms with van der Waals surface area (Å²) in [5.74, 6) is 2.44. The predicted octanol–water partition coefficient (Wildman–Crippen LogP) is 4.00. The Morgan fingerprint density at radius 2 is 1.63 bits per heavy atom. The van der Waals surface area contributed by atoms with Gasteiger partial charge in [0.15, 0.2) is 0 Å². The Labute approximate surface area is 182 Å². The van der Waals surface area contributed by atoms with Crippen LogP contribution in [-0.2, 0) is 9.59 Å². The topological polar surface area (TPSA) is 61.4 Å². The molecule has 2 amide bonds. The van der Waals surface area contributed by atoms with E-state index in [1.807, 2.05) is 73.3 Å². The average molecular weight is 424 g/mol. The van der Waals surface area contributed by atoms with E-state index in [2.05, 4.69) is 15.5 Å². The van der Waals surface area contributed by atoms with E-state index in [9.17, 15) is 9.59 Å². The number of nitrogens with one attached hydrogen (secondary N) is 2. The number of anilines is 1. The van der Waals surface area contributed by atoms with Gasteiger partial charge in [-0.2, -0.15) is 11.8 Å². The van der Waals surface area contributed by atoms with Crippen LogP contribution in [0, 0.1) is 5.92 Å². The number of benzene rings is 2. The molecular formula is C24H29N3O2S. The molecule has 0 spiro atoms. The highest BCUT2D eigenvalue weighted by Crippen LogP contribution is 2.30. The van der Waals surface area contributed by atoms with Gasteiger partial charge in [-0.05, 0) is 43.0 Å². The first-order valence-electron chi connectivity index (χ1n) is 10.7. The molecule has 2 fully saturated rings. The Balaban J connectivity index is 1.42. The Morgan fingerprint density at radius 1 is 0.967 bits per heavy atom. The normalized spacial score (nSPS) is 19.0. The fraction of sp³-hybridized carbons (Fsp3) is 0.417. The third-order valence-corrected chi connectivity index (χ3v) is 6.70. The van der Waals surface area contributed by atoms with Crippen molar-refractivity contribution < 1.29 is 9.59 Å². The van der Waals surface area contributed by atoms with Crippen molar-refractivity contribution in [2.24, 2.45) is 5.92 Å². The number of rotatable bonds is 7. The highest BCUT2D eigenvalue weighted by molar-refractivity contribution is 7.99. The minimum absolute atomic E-state index is 0.0340. The SMILES string of the molecule is CC(NC(=O)C(c1ccccc1)N1CCSCC1)c1ccc(NC(=O)C2CC2)cc1. The van der Waals surface area contributed by atoms with Crippen LogP contribution in [0.25, 0.3) is 0 Å². The molecule has 0 radical (unpaired) electrons. The summed E-state index contributed by atoms with van der Waals surface area (Å²) in [6.45, 7) is 3.84. The number of nitrogens with zero attached hydrogens (tertiary/aromatic N) is 1. The molecule has 5 nitrogen and oxygen atoms in total. The van der Waals surface area contributed by atoms with Gasteiger partial charge in [0.2, 0.25) is 11.8 Å². The van der Waals surface area contributed by atoms with E-state index in [4.69, 9.17) is 0 Å². The molecule has 2 unspecified atom stereocenters. The maximum absolute atomic E-state index is 13.3. The molecule has 2 N–H and O–H groups in total. The summed E-state index contributed by atoms with van der Waals surface area (Å²) >= 11 is 1.94. The minimum atomic E-state index is -0.272. The summed E-state index contributed by atoms with van der Waals surface area (Å²) in [4.78, 5) is 27.5. The van der Waals surface area contributed by atoms with Crippen LogP contribution < -0.4 is 10.6 Å². The zero-order valence-corrected chi connectivity index (χ0v) is 18.2. The quantitative estimate of drug-likeness (QED) is 0.707. The monoisotopic (exact) mass is 423 g/mol. The van der Waals surface area contributed by atoms with Crippen LogP contribution in [0.1, 0.15) is 43.0 Å². The lowest BCUT2D eigenvalue weighted by molar-refractivity contribution is -0.127. The van der Waals surface area contributed by atoms with E-state index in [1.54, 1.807) is 0 Å². The smallest absolute Gasteiger partial charge is 0.242 e. The lowest BCUT2D eigenvalue weighted by Gasteiger charge is -2.34. The summed E-state index contributed by atoms with van der Waals surface area (Å²) in [5.41, 5.74) is 2.86. The number of amides is 2. The van der Waals surface area contributed by atoms with Crippen LogP contribution in [-0.4, -0.2) is 41.3 Å². The van der Waals surface area contributed by atoms with Crippen molar-refractivity contribution >= 4 is 29.3 Å². The second-order valence-electron chi connectivity index (χ2n) is 8.08. The van der Waals surface area contributed by atoms with Crippen LogP contribution in [0.3, 0.4) is 0 Å². The van der Waals surface area contributed by atoms with Crippen LogP contribution in [0.4, 0.5) is 5.69 Å². The first kappa shape index (κ1) is 20.9. The Bertz CT molecular complexity index is 862. The van der Waals surface area contributed by atoms with Crippen molar-refractivity contribution in [3.05, 3.63) is 65.7 Å². The zero-order chi connectivity index (χ0) is 20.9. The van der Waals surface area contributed by atoms with Gasteiger partial charge >= 0.3 is 0 Å². The molecule has 1 saturated heterocycles. The summed E-state index contributed by atoms with van der Waals surface area (Å²) in [6, 6.07) is 17.4. The molecule has 2 aromatic rings. The Kier molecular flexibility index (Phi) is 6.75. The standard InChI is InChI=1S/C24H29N3O2S/c1-17(18-9-11-21(12-10-18)26-23(28)20-7-8-20)25-24(29)22(19-5-3-2-4-6-19)27-13-15-30-16-14-27/h2-6,9-12,17,20,22H,7-8,13-16H2,1H3,(H,25,29)(H,26,28). The van der Waals surface area contributed by atoms with Crippen molar-refractivity contribution in [3.8, 4) is 0 Å². The first-order valence-corrected chi connectivity index (χ1v) is 11.9. The van der Waals surface area contributed by atoms with Crippen molar-refractivity contribution in [3.63, 3.8) is 0 Å². The Morgan fingerprint density at radius 3 is 2.27 bits per heavy atom. The highest BCUT2D eigenvalue weighted by atomic mass is 32.2. The van der Waals surface area contributed by atoms with Gasteiger partial charge in [-0.25, -0.2) is 0 Å². The van der Waals surface area contributed by atoms with Crippen LogP contribution >= 0.6 is 11.8 Å². The van der Waals surface area contributed by atoms with Crippen molar-refractivity contribution in [1.82, 2.24) is 10.2 Å². The number of hydrogen-bond donors (Lipinski definition) is 2. The van der Waals surface area contributed by atoms with E-state index in [0.717, 1.165) is 54.3 Å². The summed E-state index contributed by atoms with van der Waals surface area (Å²) < 4.78 is 0. The van der Waals surface area contributed by atoms with Gasteiger partial charge < -0.3 is 10.6 Å². The van der Waals surface area contributed by atoms with Gasteiger partial charge in [-0.1, -0.05) is 42.5 Å². The van der Waals surface area contributed by atoms with E-state index in [1.165, 1.54) is 0 Å². The molecule has 0 aromatic heterocycles. The predicted molar refractivity (Wildman–Crippen MR) is 122 cm³/mol. The zero-order valence-electron chi connectivity index (χ0n) is 17.3. The summed E-state index contributed by atoms with van der Waals surface area (Å²) in [7, 11) is 0. The summed E-state index contributed by atoms with van der Waals surface area (Å²) in [5, 5.41) is 6.16. The van der Waals surface area contributed by atoms with Crippen LogP contribution in [0.5, 0.6) is 0 Å². The number of thioether (sulfide) groups is 1. The van der Waals surface area contributed by atoms with Gasteiger partial charge in [-0.3, -0.25) is 14.5 Å².